The lowest BCUT2D eigenvalue weighted by molar-refractivity contribution is -0.0908. The Morgan fingerprint density at radius 1 is 0.913 bits per heavy atom. The fraction of sp³-hybridized carbons (Fsp3) is 0.500. The Kier molecular flexibility index (Phi) is 4.93. The molecule has 0 spiro atoms. The van der Waals surface area contributed by atoms with Gasteiger partial charge in [-0.15, -0.1) is 0 Å². The summed E-state index contributed by atoms with van der Waals surface area (Å²) in [4.78, 5) is 7.53. The third kappa shape index (κ3) is 4.52. The molecule has 0 amide bonds. The fourth-order valence-corrected chi connectivity index (χ4v) is 1.64. The first-order valence-electron chi connectivity index (χ1n) is 6.42. The highest BCUT2D eigenvalue weighted by molar-refractivity contribution is 6.25. The van der Waals surface area contributed by atoms with Crippen molar-refractivity contribution < 1.29 is 26.3 Å². The number of nitrogens with zero attached hydrogens (tertiary/aromatic N) is 2. The lowest BCUT2D eigenvalue weighted by Gasteiger charge is -2.19. The Hall–Kier alpha value is -1.93. The Morgan fingerprint density at radius 2 is 1.43 bits per heavy atom. The van der Waals surface area contributed by atoms with Gasteiger partial charge in [0.2, 0.25) is 0 Å². The van der Waals surface area contributed by atoms with E-state index in [4.69, 9.17) is 5.41 Å². The summed E-state index contributed by atoms with van der Waals surface area (Å²) in [6, 6.07) is 0. The van der Waals surface area contributed by atoms with Crippen molar-refractivity contribution in [2.45, 2.75) is 45.5 Å². The van der Waals surface area contributed by atoms with E-state index in [9.17, 15) is 26.3 Å². The van der Waals surface area contributed by atoms with Gasteiger partial charge in [0.1, 0.15) is 5.71 Å². The standard InChI is InChI=1S/C14H15F6N3/c1-7(13(15,16)17)10(11(21)14(18,19)20)8-5-23-9(6-22-8)12(2,3)4/h5-6,21H,1-4H3/b10-7-,21-11?. The number of rotatable bonds is 2. The van der Waals surface area contributed by atoms with Gasteiger partial charge in [0.15, 0.2) is 0 Å². The maximum atomic E-state index is 12.8. The lowest BCUT2D eigenvalue weighted by Crippen LogP contribution is -2.27. The summed E-state index contributed by atoms with van der Waals surface area (Å²) >= 11 is 0. The predicted octanol–water partition coefficient (Wildman–Crippen LogP) is 4.69. The van der Waals surface area contributed by atoms with Gasteiger partial charge in [0, 0.05) is 22.8 Å². The number of nitrogens with one attached hydrogen (secondary N) is 1. The minimum absolute atomic E-state index is 0.406. The summed E-state index contributed by atoms with van der Waals surface area (Å²) in [5.41, 5.74) is -5.67. The highest BCUT2D eigenvalue weighted by atomic mass is 19.4. The van der Waals surface area contributed by atoms with Crippen LogP contribution in [0.5, 0.6) is 0 Å². The van der Waals surface area contributed by atoms with Gasteiger partial charge >= 0.3 is 12.4 Å². The lowest BCUT2D eigenvalue weighted by atomic mass is 9.92. The van der Waals surface area contributed by atoms with E-state index in [1.165, 1.54) is 0 Å². The van der Waals surface area contributed by atoms with Crippen LogP contribution in [0.3, 0.4) is 0 Å². The molecule has 1 heterocycles. The largest absolute Gasteiger partial charge is 0.433 e. The molecule has 0 bridgehead atoms. The molecule has 0 aliphatic carbocycles. The molecule has 0 unspecified atom stereocenters. The third-order valence-corrected chi connectivity index (χ3v) is 3.01. The average Bonchev–Trinajstić information content (AvgIpc) is 2.36. The van der Waals surface area contributed by atoms with E-state index in [1.54, 1.807) is 20.8 Å². The van der Waals surface area contributed by atoms with Crippen molar-refractivity contribution in [1.82, 2.24) is 9.97 Å². The summed E-state index contributed by atoms with van der Waals surface area (Å²) in [5.74, 6) is 0. The van der Waals surface area contributed by atoms with Gasteiger partial charge in [0.25, 0.3) is 0 Å². The fourth-order valence-electron chi connectivity index (χ4n) is 1.64. The molecule has 128 valence electrons. The molecule has 0 saturated carbocycles. The quantitative estimate of drug-likeness (QED) is 0.628. The van der Waals surface area contributed by atoms with Crippen molar-refractivity contribution in [2.24, 2.45) is 0 Å². The molecule has 23 heavy (non-hydrogen) atoms. The molecular weight excluding hydrogens is 324 g/mol. The summed E-state index contributed by atoms with van der Waals surface area (Å²) < 4.78 is 76.7. The van der Waals surface area contributed by atoms with E-state index >= 15 is 0 Å². The van der Waals surface area contributed by atoms with Crippen LogP contribution in [-0.2, 0) is 5.41 Å². The first-order chi connectivity index (χ1) is 10.2. The zero-order valence-electron chi connectivity index (χ0n) is 12.8. The van der Waals surface area contributed by atoms with Gasteiger partial charge in [-0.05, 0) is 6.92 Å². The first kappa shape index (κ1) is 19.1. The minimum atomic E-state index is -5.23. The number of aromatic nitrogens is 2. The van der Waals surface area contributed by atoms with Crippen LogP contribution in [0.4, 0.5) is 26.3 Å². The Labute approximate surface area is 129 Å². The van der Waals surface area contributed by atoms with Crippen LogP contribution in [0.15, 0.2) is 18.0 Å². The van der Waals surface area contributed by atoms with Gasteiger partial charge in [0.05, 0.1) is 17.6 Å². The predicted molar refractivity (Wildman–Crippen MR) is 73.2 cm³/mol. The molecule has 1 N–H and O–H groups in total. The zero-order chi connectivity index (χ0) is 18.2. The van der Waals surface area contributed by atoms with E-state index in [1.807, 2.05) is 0 Å². The van der Waals surface area contributed by atoms with Crippen molar-refractivity contribution in [3.05, 3.63) is 29.4 Å². The maximum Gasteiger partial charge on any atom is 0.433 e. The van der Waals surface area contributed by atoms with Crippen LogP contribution in [0, 0.1) is 5.41 Å². The second-order valence-electron chi connectivity index (χ2n) is 5.91. The molecule has 0 atom stereocenters. The van der Waals surface area contributed by atoms with Crippen LogP contribution in [-0.4, -0.2) is 28.0 Å². The molecule has 1 rings (SSSR count). The number of hydrogen-bond acceptors (Lipinski definition) is 3. The van der Waals surface area contributed by atoms with Gasteiger partial charge in [-0.25, -0.2) is 0 Å². The molecule has 0 aromatic carbocycles. The number of hydrogen-bond donors (Lipinski definition) is 1. The number of halogens is 6. The molecule has 0 radical (unpaired) electrons. The average molecular weight is 339 g/mol. The van der Waals surface area contributed by atoms with E-state index < -0.39 is 40.3 Å². The van der Waals surface area contributed by atoms with Crippen molar-refractivity contribution in [3.63, 3.8) is 0 Å². The van der Waals surface area contributed by atoms with Crippen LogP contribution in [0.2, 0.25) is 0 Å². The van der Waals surface area contributed by atoms with Gasteiger partial charge in [-0.1, -0.05) is 20.8 Å². The van der Waals surface area contributed by atoms with E-state index in [2.05, 4.69) is 9.97 Å². The summed E-state index contributed by atoms with van der Waals surface area (Å²) in [5, 5.41) is 7.07. The van der Waals surface area contributed by atoms with Crippen LogP contribution in [0.25, 0.3) is 5.57 Å². The first-order valence-corrected chi connectivity index (χ1v) is 6.42. The molecule has 0 fully saturated rings. The van der Waals surface area contributed by atoms with E-state index in [0.717, 1.165) is 12.4 Å². The number of alkyl halides is 6. The summed E-state index contributed by atoms with van der Waals surface area (Å²) in [6.07, 6.45) is -8.31. The highest BCUT2D eigenvalue weighted by Crippen LogP contribution is 2.36. The molecule has 9 heteroatoms. The maximum absolute atomic E-state index is 12.8. The van der Waals surface area contributed by atoms with Gasteiger partial charge in [-0.3, -0.25) is 15.4 Å². The summed E-state index contributed by atoms with van der Waals surface area (Å²) in [7, 11) is 0. The molecule has 1 aromatic heterocycles. The molecule has 1 aromatic rings. The molecule has 0 aliphatic rings. The van der Waals surface area contributed by atoms with Crippen molar-refractivity contribution in [2.75, 3.05) is 0 Å². The second kappa shape index (κ2) is 5.93. The molecule has 0 saturated heterocycles. The van der Waals surface area contributed by atoms with Crippen LogP contribution >= 0.6 is 0 Å². The van der Waals surface area contributed by atoms with Crippen LogP contribution in [0.1, 0.15) is 39.1 Å². The normalized spacial score (nSPS) is 14.5. The molecular formula is C14H15F6N3. The second-order valence-corrected chi connectivity index (χ2v) is 5.91. The Morgan fingerprint density at radius 3 is 1.74 bits per heavy atom. The Bertz CT molecular complexity index is 618. The third-order valence-electron chi connectivity index (χ3n) is 3.01. The minimum Gasteiger partial charge on any atom is -0.296 e. The van der Waals surface area contributed by atoms with E-state index in [0.29, 0.717) is 12.6 Å². The smallest absolute Gasteiger partial charge is 0.296 e. The summed E-state index contributed by atoms with van der Waals surface area (Å²) in [6.45, 7) is 5.79. The topological polar surface area (TPSA) is 49.6 Å². The molecule has 0 aliphatic heterocycles. The highest BCUT2D eigenvalue weighted by Gasteiger charge is 2.43. The zero-order valence-corrected chi connectivity index (χ0v) is 12.8. The van der Waals surface area contributed by atoms with Gasteiger partial charge in [-0.2, -0.15) is 26.3 Å². The Balaban J connectivity index is 3.52. The van der Waals surface area contributed by atoms with Crippen molar-refractivity contribution in [1.29, 1.82) is 5.41 Å². The molecule has 3 nitrogen and oxygen atoms in total. The van der Waals surface area contributed by atoms with E-state index in [-0.39, 0.29) is 0 Å². The SMILES string of the molecule is C/C(=C(/C(=N)C(F)(F)F)c1cnc(C(C)(C)C)cn1)C(F)(F)F. The van der Waals surface area contributed by atoms with Gasteiger partial charge < -0.3 is 0 Å². The number of allylic oxidation sites excluding steroid dienone is 2. The van der Waals surface area contributed by atoms with Crippen LogP contribution < -0.4 is 0 Å². The van der Waals surface area contributed by atoms with Crippen molar-refractivity contribution in [3.8, 4) is 0 Å². The monoisotopic (exact) mass is 339 g/mol. The van der Waals surface area contributed by atoms with Crippen molar-refractivity contribution >= 4 is 11.3 Å².